The van der Waals surface area contributed by atoms with Gasteiger partial charge < -0.3 is 5.73 Å². The van der Waals surface area contributed by atoms with Gasteiger partial charge in [0.05, 0.1) is 0 Å². The molecule has 2 rings (SSSR count). The fourth-order valence-corrected chi connectivity index (χ4v) is 3.13. The van der Waals surface area contributed by atoms with Crippen molar-refractivity contribution in [3.05, 3.63) is 0 Å². The molecule has 2 aliphatic rings. The lowest BCUT2D eigenvalue weighted by atomic mass is 9.87. The first-order valence-electron chi connectivity index (χ1n) is 7.69. The Bertz CT molecular complexity index is 245. The monoisotopic (exact) mass is 253 g/mol. The SMILES string of the molecule is CC(C)(C)C(N)CN1CCN(C2CCCC2)CC1. The van der Waals surface area contributed by atoms with Crippen molar-refractivity contribution in [1.82, 2.24) is 9.80 Å². The predicted molar refractivity (Wildman–Crippen MR) is 77.7 cm³/mol. The molecule has 1 saturated carbocycles. The van der Waals surface area contributed by atoms with E-state index in [1.165, 1.54) is 51.9 Å². The topological polar surface area (TPSA) is 32.5 Å². The minimum atomic E-state index is 0.225. The fraction of sp³-hybridized carbons (Fsp3) is 1.00. The average molecular weight is 253 g/mol. The Hall–Kier alpha value is -0.120. The second-order valence-corrected chi connectivity index (χ2v) is 7.25. The average Bonchev–Trinajstić information content (AvgIpc) is 2.82. The second kappa shape index (κ2) is 5.89. The van der Waals surface area contributed by atoms with Gasteiger partial charge in [0, 0.05) is 44.8 Å². The number of rotatable bonds is 3. The van der Waals surface area contributed by atoms with Crippen LogP contribution in [-0.4, -0.2) is 54.6 Å². The van der Waals surface area contributed by atoms with Crippen molar-refractivity contribution in [2.45, 2.75) is 58.5 Å². The maximum absolute atomic E-state index is 6.28. The van der Waals surface area contributed by atoms with Gasteiger partial charge in [0.25, 0.3) is 0 Å². The van der Waals surface area contributed by atoms with Crippen LogP contribution in [0, 0.1) is 5.41 Å². The van der Waals surface area contributed by atoms with E-state index in [1.807, 2.05) is 0 Å². The lowest BCUT2D eigenvalue weighted by Gasteiger charge is -2.40. The highest BCUT2D eigenvalue weighted by atomic mass is 15.3. The van der Waals surface area contributed by atoms with Crippen molar-refractivity contribution in [3.8, 4) is 0 Å². The van der Waals surface area contributed by atoms with Crippen LogP contribution in [0.5, 0.6) is 0 Å². The summed E-state index contributed by atoms with van der Waals surface area (Å²) >= 11 is 0. The van der Waals surface area contributed by atoms with E-state index in [1.54, 1.807) is 0 Å². The summed E-state index contributed by atoms with van der Waals surface area (Å²) in [4.78, 5) is 5.27. The molecular formula is C15H31N3. The molecule has 0 bridgehead atoms. The highest BCUT2D eigenvalue weighted by molar-refractivity contribution is 4.85. The summed E-state index contributed by atoms with van der Waals surface area (Å²) in [5, 5.41) is 0. The zero-order valence-corrected chi connectivity index (χ0v) is 12.5. The van der Waals surface area contributed by atoms with Gasteiger partial charge in [0.15, 0.2) is 0 Å². The Kier molecular flexibility index (Phi) is 4.68. The normalized spacial score (nSPS) is 26.7. The molecule has 0 radical (unpaired) electrons. The molecule has 1 unspecified atom stereocenters. The van der Waals surface area contributed by atoms with Crippen LogP contribution >= 0.6 is 0 Å². The van der Waals surface area contributed by atoms with Crippen LogP contribution in [0.1, 0.15) is 46.5 Å². The smallest absolute Gasteiger partial charge is 0.0217 e. The van der Waals surface area contributed by atoms with E-state index in [0.717, 1.165) is 12.6 Å². The maximum Gasteiger partial charge on any atom is 0.0217 e. The summed E-state index contributed by atoms with van der Waals surface area (Å²) in [5.41, 5.74) is 6.51. The minimum absolute atomic E-state index is 0.225. The van der Waals surface area contributed by atoms with Crippen molar-refractivity contribution < 1.29 is 0 Å². The molecule has 1 atom stereocenters. The van der Waals surface area contributed by atoms with E-state index in [0.29, 0.717) is 0 Å². The molecule has 1 saturated heterocycles. The van der Waals surface area contributed by atoms with Crippen molar-refractivity contribution in [2.24, 2.45) is 11.1 Å². The zero-order chi connectivity index (χ0) is 13.2. The molecule has 0 aromatic rings. The van der Waals surface area contributed by atoms with E-state index < -0.39 is 0 Å². The molecule has 1 aliphatic heterocycles. The van der Waals surface area contributed by atoms with Gasteiger partial charge in [0.2, 0.25) is 0 Å². The summed E-state index contributed by atoms with van der Waals surface area (Å²) in [6, 6.07) is 1.18. The molecule has 1 aliphatic carbocycles. The van der Waals surface area contributed by atoms with Gasteiger partial charge in [0.1, 0.15) is 0 Å². The van der Waals surface area contributed by atoms with Gasteiger partial charge in [-0.15, -0.1) is 0 Å². The van der Waals surface area contributed by atoms with Crippen molar-refractivity contribution in [1.29, 1.82) is 0 Å². The first-order valence-corrected chi connectivity index (χ1v) is 7.69. The van der Waals surface area contributed by atoms with E-state index >= 15 is 0 Å². The first-order chi connectivity index (χ1) is 8.47. The Balaban J connectivity index is 1.73. The van der Waals surface area contributed by atoms with Gasteiger partial charge in [-0.05, 0) is 18.3 Å². The molecule has 3 nitrogen and oxygen atoms in total. The lowest BCUT2D eigenvalue weighted by Crippen LogP contribution is -2.54. The molecule has 18 heavy (non-hydrogen) atoms. The van der Waals surface area contributed by atoms with Crippen LogP contribution in [0.2, 0.25) is 0 Å². The number of piperazine rings is 1. The molecule has 2 fully saturated rings. The quantitative estimate of drug-likeness (QED) is 0.834. The third-order valence-corrected chi connectivity index (χ3v) is 4.82. The Morgan fingerprint density at radius 3 is 2.11 bits per heavy atom. The number of hydrogen-bond acceptors (Lipinski definition) is 3. The van der Waals surface area contributed by atoms with Crippen LogP contribution in [0.15, 0.2) is 0 Å². The van der Waals surface area contributed by atoms with Gasteiger partial charge in [-0.3, -0.25) is 9.80 Å². The summed E-state index contributed by atoms with van der Waals surface area (Å²) < 4.78 is 0. The largest absolute Gasteiger partial charge is 0.326 e. The van der Waals surface area contributed by atoms with E-state index in [9.17, 15) is 0 Å². The van der Waals surface area contributed by atoms with Crippen LogP contribution in [0.3, 0.4) is 0 Å². The number of hydrogen-bond donors (Lipinski definition) is 1. The van der Waals surface area contributed by atoms with Crippen molar-refractivity contribution in [2.75, 3.05) is 32.7 Å². The van der Waals surface area contributed by atoms with E-state index in [-0.39, 0.29) is 11.5 Å². The highest BCUT2D eigenvalue weighted by Crippen LogP contribution is 2.25. The lowest BCUT2D eigenvalue weighted by molar-refractivity contribution is 0.0844. The predicted octanol–water partition coefficient (Wildman–Crippen LogP) is 1.92. The third-order valence-electron chi connectivity index (χ3n) is 4.82. The molecule has 106 valence electrons. The van der Waals surface area contributed by atoms with Crippen molar-refractivity contribution in [3.63, 3.8) is 0 Å². The number of nitrogens with two attached hydrogens (primary N) is 1. The van der Waals surface area contributed by atoms with Crippen molar-refractivity contribution >= 4 is 0 Å². The Labute approximate surface area is 113 Å². The number of nitrogens with zero attached hydrogens (tertiary/aromatic N) is 2. The van der Waals surface area contributed by atoms with Crippen LogP contribution in [-0.2, 0) is 0 Å². The molecule has 0 aromatic heterocycles. The fourth-order valence-electron chi connectivity index (χ4n) is 3.13. The Morgan fingerprint density at radius 1 is 1.06 bits per heavy atom. The molecular weight excluding hydrogens is 222 g/mol. The first kappa shape index (κ1) is 14.3. The van der Waals surface area contributed by atoms with Crippen LogP contribution < -0.4 is 5.73 Å². The van der Waals surface area contributed by atoms with E-state index in [4.69, 9.17) is 5.73 Å². The minimum Gasteiger partial charge on any atom is -0.326 e. The molecule has 0 aromatic carbocycles. The molecule has 3 heteroatoms. The molecule has 2 N–H and O–H groups in total. The molecule has 1 heterocycles. The van der Waals surface area contributed by atoms with Gasteiger partial charge in [-0.1, -0.05) is 33.6 Å². The molecule has 0 spiro atoms. The zero-order valence-electron chi connectivity index (χ0n) is 12.5. The summed E-state index contributed by atoms with van der Waals surface area (Å²) in [6.07, 6.45) is 5.75. The van der Waals surface area contributed by atoms with Crippen LogP contribution in [0.25, 0.3) is 0 Å². The van der Waals surface area contributed by atoms with Crippen LogP contribution in [0.4, 0.5) is 0 Å². The standard InChI is InChI=1S/C15H31N3/c1-15(2,3)14(16)12-17-8-10-18(11-9-17)13-6-4-5-7-13/h13-14H,4-12,16H2,1-3H3. The second-order valence-electron chi connectivity index (χ2n) is 7.25. The maximum atomic E-state index is 6.28. The van der Waals surface area contributed by atoms with E-state index in [2.05, 4.69) is 30.6 Å². The summed E-state index contributed by atoms with van der Waals surface area (Å²) in [5.74, 6) is 0. The summed E-state index contributed by atoms with van der Waals surface area (Å²) in [6.45, 7) is 12.7. The molecule has 0 amide bonds. The highest BCUT2D eigenvalue weighted by Gasteiger charge is 2.28. The van der Waals surface area contributed by atoms with Gasteiger partial charge in [-0.2, -0.15) is 0 Å². The third kappa shape index (κ3) is 3.69. The summed E-state index contributed by atoms with van der Waals surface area (Å²) in [7, 11) is 0. The van der Waals surface area contributed by atoms with Gasteiger partial charge in [-0.25, -0.2) is 0 Å². The van der Waals surface area contributed by atoms with Gasteiger partial charge >= 0.3 is 0 Å². The Morgan fingerprint density at radius 2 is 1.61 bits per heavy atom.